The van der Waals surface area contributed by atoms with Crippen LogP contribution in [0.5, 0.6) is 0 Å². The van der Waals surface area contributed by atoms with Crippen molar-refractivity contribution >= 4 is 23.0 Å². The summed E-state index contributed by atoms with van der Waals surface area (Å²) >= 11 is 1.81. The minimum absolute atomic E-state index is 0.237. The second-order valence-electron chi connectivity index (χ2n) is 5.91. The maximum Gasteiger partial charge on any atom is 0.141 e. The average molecular weight is 339 g/mol. The van der Waals surface area contributed by atoms with Gasteiger partial charge in [-0.25, -0.2) is 14.3 Å². The van der Waals surface area contributed by atoms with Crippen molar-refractivity contribution in [2.75, 3.05) is 18.8 Å². The molecular formula is C16H17N7S. The van der Waals surface area contributed by atoms with Gasteiger partial charge in [0.1, 0.15) is 17.5 Å². The Morgan fingerprint density at radius 2 is 2.29 bits per heavy atom. The van der Waals surface area contributed by atoms with Crippen molar-refractivity contribution < 1.29 is 0 Å². The molecule has 1 aliphatic rings. The summed E-state index contributed by atoms with van der Waals surface area (Å²) in [5.41, 5.74) is 2.38. The van der Waals surface area contributed by atoms with Gasteiger partial charge < -0.3 is 4.98 Å². The van der Waals surface area contributed by atoms with E-state index in [1.54, 1.807) is 18.3 Å². The first kappa shape index (κ1) is 15.2. The Bertz CT molecular complexity index is 900. The lowest BCUT2D eigenvalue weighted by molar-refractivity contribution is 0.0812. The van der Waals surface area contributed by atoms with Gasteiger partial charge in [-0.15, -0.1) is 0 Å². The number of aromatic nitrogens is 5. The molecule has 0 amide bonds. The second-order valence-corrected chi connectivity index (χ2v) is 7.26. The number of H-pyrrole nitrogens is 1. The average Bonchev–Trinajstić information content (AvgIpc) is 3.21. The highest BCUT2D eigenvalue weighted by atomic mass is 32.2. The van der Waals surface area contributed by atoms with Gasteiger partial charge in [0, 0.05) is 42.2 Å². The maximum absolute atomic E-state index is 9.24. The molecule has 3 aromatic heterocycles. The summed E-state index contributed by atoms with van der Waals surface area (Å²) < 4.78 is 4.23. The van der Waals surface area contributed by atoms with Crippen molar-refractivity contribution in [1.82, 2.24) is 29.0 Å². The van der Waals surface area contributed by atoms with Gasteiger partial charge in [-0.2, -0.15) is 10.4 Å². The zero-order valence-electron chi connectivity index (χ0n) is 13.3. The van der Waals surface area contributed by atoms with Crippen molar-refractivity contribution in [1.29, 1.82) is 5.26 Å². The Kier molecular flexibility index (Phi) is 3.75. The van der Waals surface area contributed by atoms with Gasteiger partial charge in [0.2, 0.25) is 0 Å². The molecule has 1 N–H and O–H groups in total. The molecule has 0 saturated carbocycles. The lowest BCUT2D eigenvalue weighted by Gasteiger charge is -2.48. The van der Waals surface area contributed by atoms with E-state index in [0.29, 0.717) is 6.42 Å². The second kappa shape index (κ2) is 5.92. The largest absolute Gasteiger partial charge is 0.346 e. The fraction of sp³-hybridized carbons (Fsp3) is 0.375. The molecule has 0 aromatic carbocycles. The molecule has 1 fully saturated rings. The van der Waals surface area contributed by atoms with Crippen LogP contribution in [-0.2, 0) is 5.54 Å². The maximum atomic E-state index is 9.24. The third-order valence-electron chi connectivity index (χ3n) is 4.36. The molecule has 0 aliphatic carbocycles. The Morgan fingerprint density at radius 3 is 3.08 bits per heavy atom. The van der Waals surface area contributed by atoms with Crippen molar-refractivity contribution in [3.8, 4) is 17.3 Å². The van der Waals surface area contributed by atoms with Crippen LogP contribution in [0, 0.1) is 11.3 Å². The summed E-state index contributed by atoms with van der Waals surface area (Å²) in [5.74, 6) is 1.04. The minimum Gasteiger partial charge on any atom is -0.346 e. The monoisotopic (exact) mass is 339 g/mol. The molecule has 7 nitrogen and oxygen atoms in total. The molecule has 0 unspecified atom stereocenters. The van der Waals surface area contributed by atoms with Gasteiger partial charge in [-0.05, 0) is 6.07 Å². The smallest absolute Gasteiger partial charge is 0.141 e. The first-order valence-corrected chi connectivity index (χ1v) is 8.78. The third-order valence-corrected chi connectivity index (χ3v) is 5.24. The molecule has 8 heteroatoms. The predicted molar refractivity (Wildman–Crippen MR) is 93.0 cm³/mol. The van der Waals surface area contributed by atoms with Crippen LogP contribution in [0.15, 0.2) is 31.0 Å². The molecule has 1 aliphatic heterocycles. The van der Waals surface area contributed by atoms with Crippen LogP contribution in [0.25, 0.3) is 22.3 Å². The summed E-state index contributed by atoms with van der Waals surface area (Å²) in [6, 6.07) is 4.29. The topological polar surface area (TPSA) is 86.4 Å². The van der Waals surface area contributed by atoms with E-state index >= 15 is 0 Å². The van der Waals surface area contributed by atoms with Gasteiger partial charge in [-0.3, -0.25) is 4.68 Å². The summed E-state index contributed by atoms with van der Waals surface area (Å²) in [6.45, 7) is 3.81. The molecule has 0 bridgehead atoms. The number of nitrogens with zero attached hydrogens (tertiary/aromatic N) is 6. The highest BCUT2D eigenvalue weighted by molar-refractivity contribution is 7.97. The summed E-state index contributed by atoms with van der Waals surface area (Å²) in [6.07, 6.45) is 7.69. The van der Waals surface area contributed by atoms with Crippen molar-refractivity contribution in [2.24, 2.45) is 0 Å². The molecule has 122 valence electrons. The number of nitrogens with one attached hydrogen (secondary N) is 1. The van der Waals surface area contributed by atoms with Crippen molar-refractivity contribution in [3.05, 3.63) is 31.0 Å². The van der Waals surface area contributed by atoms with Crippen LogP contribution >= 0.6 is 11.9 Å². The van der Waals surface area contributed by atoms with E-state index < -0.39 is 0 Å². The number of hydrogen-bond acceptors (Lipinski definition) is 6. The molecule has 4 rings (SSSR count). The summed E-state index contributed by atoms with van der Waals surface area (Å²) in [5, 5.41) is 14.8. The fourth-order valence-electron chi connectivity index (χ4n) is 3.18. The molecule has 0 spiro atoms. The molecule has 24 heavy (non-hydrogen) atoms. The van der Waals surface area contributed by atoms with Crippen LogP contribution in [0.3, 0.4) is 0 Å². The lowest BCUT2D eigenvalue weighted by Crippen LogP contribution is -2.60. The van der Waals surface area contributed by atoms with Gasteiger partial charge in [0.05, 0.1) is 24.4 Å². The number of rotatable bonds is 5. The number of aromatic amines is 1. The predicted octanol–water partition coefficient (Wildman–Crippen LogP) is 2.41. The lowest BCUT2D eigenvalue weighted by atomic mass is 9.89. The van der Waals surface area contributed by atoms with E-state index in [2.05, 4.69) is 37.3 Å². The van der Waals surface area contributed by atoms with E-state index in [0.717, 1.165) is 41.1 Å². The van der Waals surface area contributed by atoms with Gasteiger partial charge in [0.25, 0.3) is 0 Å². The minimum atomic E-state index is -0.237. The van der Waals surface area contributed by atoms with Crippen LogP contribution in [0.4, 0.5) is 0 Å². The van der Waals surface area contributed by atoms with Crippen LogP contribution in [0.1, 0.15) is 13.3 Å². The molecule has 3 aromatic rings. The molecular weight excluding hydrogens is 322 g/mol. The summed E-state index contributed by atoms with van der Waals surface area (Å²) in [4.78, 5) is 11.7. The highest BCUT2D eigenvalue weighted by Crippen LogP contribution is 2.37. The van der Waals surface area contributed by atoms with Gasteiger partial charge in [-0.1, -0.05) is 18.9 Å². The van der Waals surface area contributed by atoms with E-state index in [-0.39, 0.29) is 5.54 Å². The zero-order chi connectivity index (χ0) is 16.6. The van der Waals surface area contributed by atoms with E-state index in [9.17, 15) is 5.26 Å². The first-order chi connectivity index (χ1) is 11.8. The van der Waals surface area contributed by atoms with Crippen molar-refractivity contribution in [3.63, 3.8) is 0 Å². The molecule has 0 atom stereocenters. The standard InChI is InChI=1S/C16H17N7S/c1-2-24-22-9-16(10-22,4-5-17)23-8-12(7-21-23)14-13-3-6-18-15(13)20-11-19-14/h3,6-8,11H,2,4,9-10H2,1H3,(H,18,19,20). The Morgan fingerprint density at radius 1 is 1.42 bits per heavy atom. The summed E-state index contributed by atoms with van der Waals surface area (Å²) in [7, 11) is 0. The quantitative estimate of drug-likeness (QED) is 0.718. The van der Waals surface area contributed by atoms with Crippen LogP contribution in [-0.4, -0.2) is 47.9 Å². The fourth-order valence-corrected chi connectivity index (χ4v) is 4.20. The molecule has 1 saturated heterocycles. The van der Waals surface area contributed by atoms with Gasteiger partial charge in [0.15, 0.2) is 0 Å². The van der Waals surface area contributed by atoms with Crippen molar-refractivity contribution in [2.45, 2.75) is 18.9 Å². The Labute approximate surface area is 143 Å². The van der Waals surface area contributed by atoms with Gasteiger partial charge >= 0.3 is 0 Å². The normalized spacial score (nSPS) is 16.8. The van der Waals surface area contributed by atoms with Crippen LogP contribution in [0.2, 0.25) is 0 Å². The SMILES string of the molecule is CCSN1CC(CC#N)(n2cc(-c3ncnc4[nH]ccc34)cn2)C1. The van der Waals surface area contributed by atoms with E-state index in [1.807, 2.05) is 29.3 Å². The third kappa shape index (κ3) is 2.37. The Balaban J connectivity index is 1.67. The van der Waals surface area contributed by atoms with E-state index in [1.165, 1.54) is 0 Å². The van der Waals surface area contributed by atoms with Crippen LogP contribution < -0.4 is 0 Å². The van der Waals surface area contributed by atoms with E-state index in [4.69, 9.17) is 0 Å². The zero-order valence-corrected chi connectivity index (χ0v) is 14.1. The highest BCUT2D eigenvalue weighted by Gasteiger charge is 2.45. The number of fused-ring (bicyclic) bond motifs is 1. The molecule has 4 heterocycles. The first-order valence-electron chi connectivity index (χ1n) is 7.84. The Hall–Kier alpha value is -2.37. The number of nitriles is 1. The molecule has 0 radical (unpaired) electrons. The number of hydrogen-bond donors (Lipinski definition) is 1.